The number of halogens is 3. The zero-order chi connectivity index (χ0) is 13.1. The van der Waals surface area contributed by atoms with E-state index in [0.29, 0.717) is 18.6 Å². The molecule has 102 valence electrons. The highest BCUT2D eigenvalue weighted by atomic mass is 19.4. The Morgan fingerprint density at radius 2 is 2.00 bits per heavy atom. The second kappa shape index (κ2) is 6.05. The summed E-state index contributed by atoms with van der Waals surface area (Å²) < 4.78 is 36.1. The highest BCUT2D eigenvalue weighted by Crippen LogP contribution is 2.28. The molecule has 0 aromatic carbocycles. The smallest absolute Gasteiger partial charge is 0.307 e. The van der Waals surface area contributed by atoms with Crippen LogP contribution in [0.5, 0.6) is 0 Å². The number of rotatable bonds is 5. The number of nitrogens with zero attached hydrogens (tertiary/aromatic N) is 1. The third-order valence-electron chi connectivity index (χ3n) is 3.59. The van der Waals surface area contributed by atoms with E-state index in [9.17, 15) is 13.2 Å². The molecule has 1 rings (SSSR count). The van der Waals surface area contributed by atoms with Gasteiger partial charge in [-0.1, -0.05) is 6.92 Å². The molecule has 0 aliphatic carbocycles. The van der Waals surface area contributed by atoms with E-state index in [1.165, 1.54) is 6.42 Å². The molecule has 0 saturated carbocycles. The number of alkyl halides is 3. The van der Waals surface area contributed by atoms with E-state index in [1.807, 2.05) is 6.92 Å². The van der Waals surface area contributed by atoms with Gasteiger partial charge in [0.2, 0.25) is 0 Å². The number of likely N-dealkylation sites (tertiary alicyclic amines) is 1. The maximum atomic E-state index is 12.0. The Hall–Kier alpha value is -0.290. The Bertz CT molecular complexity index is 230. The van der Waals surface area contributed by atoms with Crippen LogP contribution in [0.15, 0.2) is 0 Å². The second-order valence-electron chi connectivity index (χ2n) is 5.03. The van der Waals surface area contributed by atoms with E-state index >= 15 is 0 Å². The summed E-state index contributed by atoms with van der Waals surface area (Å²) in [6, 6.07) is 1.19. The first-order valence-electron chi connectivity index (χ1n) is 6.40. The molecule has 5 heteroatoms. The Balaban J connectivity index is 2.38. The minimum Gasteiger partial charge on any atom is -0.307 e. The average Bonchev–Trinajstić information content (AvgIpc) is 2.57. The third kappa shape index (κ3) is 4.47. The van der Waals surface area contributed by atoms with Crippen LogP contribution in [0.3, 0.4) is 0 Å². The summed E-state index contributed by atoms with van der Waals surface area (Å²) in [7, 11) is 0. The second-order valence-corrected chi connectivity index (χ2v) is 5.03. The fourth-order valence-electron chi connectivity index (χ4n) is 2.83. The van der Waals surface area contributed by atoms with Gasteiger partial charge in [0.15, 0.2) is 0 Å². The Labute approximate surface area is 102 Å². The zero-order valence-electron chi connectivity index (χ0n) is 10.8. The molecule has 0 bridgehead atoms. The molecular formula is C12H23F3N2. The Morgan fingerprint density at radius 1 is 1.35 bits per heavy atom. The zero-order valence-corrected chi connectivity index (χ0v) is 10.8. The lowest BCUT2D eigenvalue weighted by Gasteiger charge is -2.34. The fraction of sp³-hybridized carbons (Fsp3) is 1.00. The molecule has 0 spiro atoms. The predicted octanol–water partition coefficient (Wildman–Crippen LogP) is 2.79. The largest absolute Gasteiger partial charge is 0.401 e. The van der Waals surface area contributed by atoms with Crippen molar-refractivity contribution >= 4 is 0 Å². The fourth-order valence-corrected chi connectivity index (χ4v) is 2.83. The maximum Gasteiger partial charge on any atom is 0.401 e. The number of hydrogen-bond acceptors (Lipinski definition) is 2. The van der Waals surface area contributed by atoms with Crippen LogP contribution in [0.1, 0.15) is 40.0 Å². The summed E-state index contributed by atoms with van der Waals surface area (Å²) in [4.78, 5) is 2.36. The molecule has 2 nitrogen and oxygen atoms in total. The van der Waals surface area contributed by atoms with Crippen LogP contribution in [0.25, 0.3) is 0 Å². The van der Waals surface area contributed by atoms with Gasteiger partial charge in [0.05, 0.1) is 6.54 Å². The van der Waals surface area contributed by atoms with Crippen LogP contribution in [0.2, 0.25) is 0 Å². The molecule has 0 amide bonds. The van der Waals surface area contributed by atoms with Crippen molar-refractivity contribution in [2.75, 3.05) is 13.1 Å². The van der Waals surface area contributed by atoms with Gasteiger partial charge >= 0.3 is 6.18 Å². The Morgan fingerprint density at radius 3 is 2.53 bits per heavy atom. The van der Waals surface area contributed by atoms with E-state index in [2.05, 4.69) is 24.1 Å². The van der Waals surface area contributed by atoms with Crippen molar-refractivity contribution in [1.82, 2.24) is 10.2 Å². The molecule has 1 heterocycles. The van der Waals surface area contributed by atoms with Gasteiger partial charge in [0.25, 0.3) is 0 Å². The maximum absolute atomic E-state index is 12.0. The lowest BCUT2D eigenvalue weighted by molar-refractivity contribution is -0.125. The molecule has 0 aromatic rings. The van der Waals surface area contributed by atoms with Gasteiger partial charge in [-0.25, -0.2) is 0 Å². The molecule has 3 unspecified atom stereocenters. The standard InChI is InChI=1S/C12H23F3N2/c1-4-11-6-5-9(2)17(11)10(3)7-16-8-12(13,14)15/h9-11,16H,4-8H2,1-3H3. The summed E-state index contributed by atoms with van der Waals surface area (Å²) in [5.41, 5.74) is 0. The summed E-state index contributed by atoms with van der Waals surface area (Å²) in [5.74, 6) is 0. The first kappa shape index (κ1) is 14.8. The van der Waals surface area contributed by atoms with E-state index in [-0.39, 0.29) is 6.04 Å². The first-order chi connectivity index (χ1) is 7.85. The normalized spacial score (nSPS) is 28.6. The predicted molar refractivity (Wildman–Crippen MR) is 63.0 cm³/mol. The van der Waals surface area contributed by atoms with Crippen LogP contribution in [-0.4, -0.2) is 42.3 Å². The molecule has 3 atom stereocenters. The van der Waals surface area contributed by atoms with Crippen LogP contribution in [-0.2, 0) is 0 Å². The lowest BCUT2D eigenvalue weighted by atomic mass is 10.1. The Kier molecular flexibility index (Phi) is 5.25. The van der Waals surface area contributed by atoms with Crippen LogP contribution in [0.4, 0.5) is 13.2 Å². The van der Waals surface area contributed by atoms with Crippen molar-refractivity contribution in [3.8, 4) is 0 Å². The monoisotopic (exact) mass is 252 g/mol. The van der Waals surface area contributed by atoms with Gasteiger partial charge in [0.1, 0.15) is 0 Å². The molecule has 1 aliphatic heterocycles. The molecule has 0 radical (unpaired) electrons. The van der Waals surface area contributed by atoms with E-state index in [0.717, 1.165) is 12.8 Å². The van der Waals surface area contributed by atoms with Crippen LogP contribution < -0.4 is 5.32 Å². The van der Waals surface area contributed by atoms with Gasteiger partial charge in [-0.3, -0.25) is 4.90 Å². The van der Waals surface area contributed by atoms with Gasteiger partial charge < -0.3 is 5.32 Å². The van der Waals surface area contributed by atoms with Crippen molar-refractivity contribution in [3.05, 3.63) is 0 Å². The van der Waals surface area contributed by atoms with Crippen molar-refractivity contribution in [2.45, 2.75) is 64.3 Å². The summed E-state index contributed by atoms with van der Waals surface area (Å²) >= 11 is 0. The highest BCUT2D eigenvalue weighted by molar-refractivity contribution is 4.88. The molecule has 1 fully saturated rings. The van der Waals surface area contributed by atoms with E-state index < -0.39 is 12.7 Å². The quantitative estimate of drug-likeness (QED) is 0.809. The average molecular weight is 252 g/mol. The lowest BCUT2D eigenvalue weighted by Crippen LogP contribution is -2.47. The summed E-state index contributed by atoms with van der Waals surface area (Å²) in [5, 5.41) is 2.50. The van der Waals surface area contributed by atoms with Gasteiger partial charge in [-0.15, -0.1) is 0 Å². The molecule has 1 aliphatic rings. The van der Waals surface area contributed by atoms with E-state index in [4.69, 9.17) is 0 Å². The number of hydrogen-bond donors (Lipinski definition) is 1. The van der Waals surface area contributed by atoms with Crippen molar-refractivity contribution in [1.29, 1.82) is 0 Å². The minimum atomic E-state index is -4.11. The third-order valence-corrected chi connectivity index (χ3v) is 3.59. The molecule has 17 heavy (non-hydrogen) atoms. The molecule has 1 N–H and O–H groups in total. The summed E-state index contributed by atoms with van der Waals surface area (Å²) in [6.45, 7) is 5.83. The number of nitrogens with one attached hydrogen (secondary N) is 1. The van der Waals surface area contributed by atoms with Crippen LogP contribution in [0, 0.1) is 0 Å². The van der Waals surface area contributed by atoms with Crippen molar-refractivity contribution in [3.63, 3.8) is 0 Å². The SMILES string of the molecule is CCC1CCC(C)N1C(C)CNCC(F)(F)F. The summed E-state index contributed by atoms with van der Waals surface area (Å²) in [6.07, 6.45) is -0.710. The molecule has 1 saturated heterocycles. The topological polar surface area (TPSA) is 15.3 Å². The van der Waals surface area contributed by atoms with Crippen LogP contribution >= 0.6 is 0 Å². The van der Waals surface area contributed by atoms with Crippen molar-refractivity contribution in [2.24, 2.45) is 0 Å². The van der Waals surface area contributed by atoms with Crippen molar-refractivity contribution < 1.29 is 13.2 Å². The molecular weight excluding hydrogens is 229 g/mol. The first-order valence-corrected chi connectivity index (χ1v) is 6.40. The molecule has 0 aromatic heterocycles. The van der Waals surface area contributed by atoms with Gasteiger partial charge in [0, 0.05) is 24.7 Å². The van der Waals surface area contributed by atoms with Gasteiger partial charge in [-0.05, 0) is 33.1 Å². The van der Waals surface area contributed by atoms with E-state index in [1.54, 1.807) is 0 Å². The minimum absolute atomic E-state index is 0.166. The van der Waals surface area contributed by atoms with Gasteiger partial charge in [-0.2, -0.15) is 13.2 Å². The highest BCUT2D eigenvalue weighted by Gasteiger charge is 2.33.